The summed E-state index contributed by atoms with van der Waals surface area (Å²) in [5, 5.41) is 0.666. The maximum Gasteiger partial charge on any atom is 0.212 e. The van der Waals surface area contributed by atoms with Crippen LogP contribution < -0.4 is 0 Å². The zero-order valence-corrected chi connectivity index (χ0v) is 5.57. The molecule has 2 heteroatoms. The van der Waals surface area contributed by atoms with Crippen LogP contribution in [0.1, 0.15) is 13.3 Å². The van der Waals surface area contributed by atoms with E-state index in [2.05, 4.69) is 6.92 Å². The van der Waals surface area contributed by atoms with Crippen LogP contribution in [0.25, 0.3) is 0 Å². The highest BCUT2D eigenvalue weighted by Crippen LogP contribution is 2.22. The first-order chi connectivity index (χ1) is 3.83. The van der Waals surface area contributed by atoms with Crippen LogP contribution in [-0.4, -0.2) is 10.4 Å². The van der Waals surface area contributed by atoms with E-state index in [-0.39, 0.29) is 5.12 Å². The van der Waals surface area contributed by atoms with Crippen LogP contribution >= 0.6 is 11.8 Å². The summed E-state index contributed by atoms with van der Waals surface area (Å²) < 4.78 is 0. The molecule has 1 heterocycles. The van der Waals surface area contributed by atoms with E-state index in [1.54, 1.807) is 6.08 Å². The molecule has 1 rings (SSSR count). The summed E-state index contributed by atoms with van der Waals surface area (Å²) in [6.45, 7) is 2.08. The summed E-state index contributed by atoms with van der Waals surface area (Å²) in [6.07, 6.45) is 4.68. The van der Waals surface area contributed by atoms with Crippen LogP contribution in [-0.2, 0) is 4.79 Å². The van der Waals surface area contributed by atoms with Crippen molar-refractivity contribution < 1.29 is 4.79 Å². The average Bonchev–Trinajstić information content (AvgIpc) is 2.14. The largest absolute Gasteiger partial charge is 0.282 e. The predicted molar refractivity (Wildman–Crippen MR) is 35.8 cm³/mol. The van der Waals surface area contributed by atoms with Crippen molar-refractivity contribution in [2.75, 3.05) is 0 Å². The summed E-state index contributed by atoms with van der Waals surface area (Å²) in [7, 11) is 0. The van der Waals surface area contributed by atoms with Gasteiger partial charge >= 0.3 is 0 Å². The second-order valence-electron chi connectivity index (χ2n) is 1.74. The summed E-state index contributed by atoms with van der Waals surface area (Å²) >= 11 is 1.42. The molecule has 0 radical (unpaired) electrons. The van der Waals surface area contributed by atoms with Crippen LogP contribution in [0.4, 0.5) is 0 Å². The molecule has 0 aromatic heterocycles. The first kappa shape index (κ1) is 5.89. The van der Waals surface area contributed by atoms with Gasteiger partial charge in [0, 0.05) is 5.25 Å². The fourth-order valence-corrected chi connectivity index (χ4v) is 1.41. The topological polar surface area (TPSA) is 17.1 Å². The van der Waals surface area contributed by atoms with Crippen LogP contribution in [0.15, 0.2) is 12.2 Å². The van der Waals surface area contributed by atoms with Gasteiger partial charge in [-0.1, -0.05) is 24.8 Å². The Morgan fingerprint density at radius 2 is 2.62 bits per heavy atom. The summed E-state index contributed by atoms with van der Waals surface area (Å²) in [4.78, 5) is 10.5. The van der Waals surface area contributed by atoms with E-state index in [9.17, 15) is 4.79 Å². The van der Waals surface area contributed by atoms with E-state index in [0.717, 1.165) is 6.42 Å². The predicted octanol–water partition coefficient (Wildman–Crippen LogP) is 1.59. The first-order valence-corrected chi connectivity index (χ1v) is 3.59. The molecule has 0 aromatic rings. The van der Waals surface area contributed by atoms with Crippen LogP contribution in [0, 0.1) is 0 Å². The molecule has 1 atom stereocenters. The molecule has 0 bridgehead atoms. The molecule has 44 valence electrons. The Hall–Kier alpha value is -0.240. The van der Waals surface area contributed by atoms with Gasteiger partial charge in [-0.15, -0.1) is 0 Å². The van der Waals surface area contributed by atoms with Gasteiger partial charge < -0.3 is 0 Å². The standard InChI is InChI=1S/C6H8OS/c1-2-5-3-4-6(7)8-5/h3-5H,2H2,1H3. The zero-order chi connectivity index (χ0) is 5.98. The van der Waals surface area contributed by atoms with Gasteiger partial charge in [0.25, 0.3) is 0 Å². The van der Waals surface area contributed by atoms with Crippen LogP contribution in [0.3, 0.4) is 0 Å². The average molecular weight is 128 g/mol. The van der Waals surface area contributed by atoms with E-state index in [1.165, 1.54) is 11.8 Å². The van der Waals surface area contributed by atoms with Crippen molar-refractivity contribution >= 4 is 16.9 Å². The van der Waals surface area contributed by atoms with E-state index in [4.69, 9.17) is 0 Å². The molecule has 1 nitrogen and oxygen atoms in total. The van der Waals surface area contributed by atoms with Gasteiger partial charge in [0.15, 0.2) is 0 Å². The number of carbonyl (C=O) groups excluding carboxylic acids is 1. The minimum absolute atomic E-state index is 0.205. The number of hydrogen-bond acceptors (Lipinski definition) is 2. The highest BCUT2D eigenvalue weighted by Gasteiger charge is 2.13. The van der Waals surface area contributed by atoms with Gasteiger partial charge in [-0.25, -0.2) is 0 Å². The van der Waals surface area contributed by atoms with E-state index < -0.39 is 0 Å². The van der Waals surface area contributed by atoms with Crippen LogP contribution in [0.2, 0.25) is 0 Å². The molecule has 1 aliphatic rings. The van der Waals surface area contributed by atoms with Gasteiger partial charge in [-0.05, 0) is 12.5 Å². The van der Waals surface area contributed by atoms with E-state index >= 15 is 0 Å². The minimum atomic E-state index is 0.205. The van der Waals surface area contributed by atoms with Crippen molar-refractivity contribution in [2.45, 2.75) is 18.6 Å². The summed E-state index contributed by atoms with van der Waals surface area (Å²) in [5.41, 5.74) is 0. The van der Waals surface area contributed by atoms with Gasteiger partial charge in [0.2, 0.25) is 5.12 Å². The molecular formula is C6H8OS. The number of hydrogen-bond donors (Lipinski definition) is 0. The SMILES string of the molecule is CCC1C=CC(=O)S1. The maximum atomic E-state index is 10.5. The molecule has 0 spiro atoms. The van der Waals surface area contributed by atoms with Gasteiger partial charge in [0.05, 0.1) is 0 Å². The second-order valence-corrected chi connectivity index (χ2v) is 2.99. The fourth-order valence-electron chi connectivity index (χ4n) is 0.633. The molecule has 0 amide bonds. The monoisotopic (exact) mass is 128 g/mol. The molecule has 0 N–H and O–H groups in total. The lowest BCUT2D eigenvalue weighted by atomic mass is 10.3. The Kier molecular flexibility index (Phi) is 1.73. The van der Waals surface area contributed by atoms with Crippen molar-refractivity contribution in [3.63, 3.8) is 0 Å². The lowest BCUT2D eigenvalue weighted by Crippen LogP contribution is -1.90. The quantitative estimate of drug-likeness (QED) is 0.533. The molecule has 1 unspecified atom stereocenters. The Morgan fingerprint density at radius 3 is 2.88 bits per heavy atom. The van der Waals surface area contributed by atoms with Crippen LogP contribution in [0.5, 0.6) is 0 Å². The van der Waals surface area contributed by atoms with Crippen molar-refractivity contribution in [1.29, 1.82) is 0 Å². The molecule has 8 heavy (non-hydrogen) atoms. The number of thioether (sulfide) groups is 1. The Labute approximate surface area is 53.2 Å². The minimum Gasteiger partial charge on any atom is -0.282 e. The lowest BCUT2D eigenvalue weighted by molar-refractivity contribution is -0.106. The smallest absolute Gasteiger partial charge is 0.212 e. The number of rotatable bonds is 1. The van der Waals surface area contributed by atoms with Crippen molar-refractivity contribution in [2.24, 2.45) is 0 Å². The Morgan fingerprint density at radius 1 is 1.88 bits per heavy atom. The first-order valence-electron chi connectivity index (χ1n) is 2.71. The van der Waals surface area contributed by atoms with Gasteiger partial charge in [-0.3, -0.25) is 4.79 Å². The molecule has 0 saturated carbocycles. The molecular weight excluding hydrogens is 120 g/mol. The summed E-state index contributed by atoms with van der Waals surface area (Å²) in [6, 6.07) is 0. The fraction of sp³-hybridized carbons (Fsp3) is 0.500. The molecule has 1 aliphatic heterocycles. The molecule has 0 fully saturated rings. The second kappa shape index (κ2) is 2.35. The van der Waals surface area contributed by atoms with Gasteiger partial charge in [0.1, 0.15) is 0 Å². The van der Waals surface area contributed by atoms with E-state index in [1.807, 2.05) is 6.08 Å². The van der Waals surface area contributed by atoms with Crippen molar-refractivity contribution in [1.82, 2.24) is 0 Å². The maximum absolute atomic E-state index is 10.5. The highest BCUT2D eigenvalue weighted by molar-refractivity contribution is 8.15. The van der Waals surface area contributed by atoms with Crippen molar-refractivity contribution in [3.05, 3.63) is 12.2 Å². The third kappa shape index (κ3) is 1.13. The Bertz CT molecular complexity index is 128. The normalized spacial score (nSPS) is 27.1. The molecule has 0 aliphatic carbocycles. The third-order valence-electron chi connectivity index (χ3n) is 1.12. The zero-order valence-electron chi connectivity index (χ0n) is 4.76. The molecule has 0 aromatic carbocycles. The van der Waals surface area contributed by atoms with E-state index in [0.29, 0.717) is 5.25 Å². The van der Waals surface area contributed by atoms with Gasteiger partial charge in [-0.2, -0.15) is 0 Å². The third-order valence-corrected chi connectivity index (χ3v) is 2.28. The van der Waals surface area contributed by atoms with Crippen molar-refractivity contribution in [3.8, 4) is 0 Å². The Balaban J connectivity index is 2.46. The number of carbonyl (C=O) groups is 1. The lowest BCUT2D eigenvalue weighted by Gasteiger charge is -1.96. The summed E-state index contributed by atoms with van der Waals surface area (Å²) in [5.74, 6) is 0. The molecule has 0 saturated heterocycles. The highest BCUT2D eigenvalue weighted by atomic mass is 32.2.